The molecular weight excluding hydrogens is 185 g/mol. The van der Waals surface area contributed by atoms with Gasteiger partial charge in [-0.3, -0.25) is 0 Å². The first-order valence-corrected chi connectivity index (χ1v) is 2.02. The van der Waals surface area contributed by atoms with Crippen molar-refractivity contribution in [1.29, 1.82) is 0 Å². The average molecular weight is 193 g/mol. The van der Waals surface area contributed by atoms with Crippen molar-refractivity contribution < 1.29 is 36.6 Å². The Kier molecular flexibility index (Phi) is 13.6. The van der Waals surface area contributed by atoms with Crippen LogP contribution in [0.3, 0.4) is 0 Å². The topological polar surface area (TPSA) is 117 Å². The van der Waals surface area contributed by atoms with Crippen LogP contribution >= 0.6 is 0 Å². The summed E-state index contributed by atoms with van der Waals surface area (Å²) in [6.45, 7) is 0. The Morgan fingerprint density at radius 2 is 1.20 bits per heavy atom. The molecule has 0 aliphatic heterocycles. The van der Waals surface area contributed by atoms with E-state index in [2.05, 4.69) is 0 Å². The molecule has 0 rings (SSSR count). The predicted molar refractivity (Wildman–Crippen MR) is 25.2 cm³/mol. The van der Waals surface area contributed by atoms with Gasteiger partial charge in [-0.1, -0.05) is 0 Å². The molecule has 0 unspecified atom stereocenters. The second kappa shape index (κ2) is 8.41. The van der Waals surface area contributed by atoms with Crippen molar-refractivity contribution in [2.45, 2.75) is 12.8 Å². The summed E-state index contributed by atoms with van der Waals surface area (Å²) in [5, 5.41) is 19.0. The van der Waals surface area contributed by atoms with Crippen molar-refractivity contribution in [3.63, 3.8) is 0 Å². The van der Waals surface area contributed by atoms with E-state index in [1.165, 1.54) is 0 Å². The number of carboxylic acids is 2. The van der Waals surface area contributed by atoms with E-state index in [9.17, 15) is 19.8 Å². The number of carboxylic acid groups (broad SMARTS) is 2. The van der Waals surface area contributed by atoms with Crippen molar-refractivity contribution >= 4 is 11.9 Å². The van der Waals surface area contributed by atoms with Gasteiger partial charge in [0, 0.05) is 11.9 Å². The zero-order valence-electron chi connectivity index (χ0n) is 5.38. The first kappa shape index (κ1) is 16.2. The van der Waals surface area contributed by atoms with Gasteiger partial charge in [-0.2, -0.15) is 0 Å². The largest absolute Gasteiger partial charge is 1.00 e. The summed E-state index contributed by atoms with van der Waals surface area (Å²) >= 11 is 0. The van der Waals surface area contributed by atoms with E-state index < -0.39 is 24.8 Å². The minimum Gasteiger partial charge on any atom is -0.550 e. The van der Waals surface area contributed by atoms with Gasteiger partial charge in [0.05, 0.1) is 0 Å². The Labute approximate surface area is 68.2 Å². The summed E-state index contributed by atoms with van der Waals surface area (Å²) in [5.41, 5.74) is 0. The number of hydrogen-bond acceptors (Lipinski definition) is 4. The Balaban J connectivity index is -0.000000245. The van der Waals surface area contributed by atoms with Crippen LogP contribution in [0.4, 0.5) is 0 Å². The van der Waals surface area contributed by atoms with Crippen LogP contribution in [0, 0.1) is 0 Å². The third-order valence-corrected chi connectivity index (χ3v) is 0.533. The quantitative estimate of drug-likeness (QED) is 0.539. The van der Waals surface area contributed by atoms with Crippen molar-refractivity contribution in [3.8, 4) is 0 Å². The molecule has 0 bridgehead atoms. The van der Waals surface area contributed by atoms with E-state index in [4.69, 9.17) is 0 Å². The molecule has 0 radical (unpaired) electrons. The van der Waals surface area contributed by atoms with Gasteiger partial charge in [0.2, 0.25) is 0 Å². The maximum atomic E-state index is 9.50. The van der Waals surface area contributed by atoms with Crippen molar-refractivity contribution in [1.82, 2.24) is 6.15 Å². The normalized spacial score (nSPS) is 6.80. The van der Waals surface area contributed by atoms with Crippen molar-refractivity contribution in [2.75, 3.05) is 0 Å². The number of carbonyl (C=O) groups excluding carboxylic acids is 2. The molecule has 0 amide bonds. The van der Waals surface area contributed by atoms with Gasteiger partial charge < -0.3 is 26.0 Å². The Bertz CT molecular complexity index is 102. The van der Waals surface area contributed by atoms with E-state index in [0.717, 1.165) is 0 Å². The third-order valence-electron chi connectivity index (χ3n) is 0.533. The molecule has 6 heteroatoms. The second-order valence-electron chi connectivity index (χ2n) is 1.24. The smallest absolute Gasteiger partial charge is 0.550 e. The maximum Gasteiger partial charge on any atom is 1.00 e. The SMILES string of the molecule is O=C([O-])CCC(=O)[O-].[Co+].[NH4+]. The minimum absolute atomic E-state index is 0. The maximum absolute atomic E-state index is 9.50. The molecule has 0 fully saturated rings. The third kappa shape index (κ3) is 15.7. The fourth-order valence-corrected chi connectivity index (χ4v) is 0.204. The molecule has 0 aliphatic rings. The van der Waals surface area contributed by atoms with Crippen LogP contribution in [0.2, 0.25) is 0 Å². The van der Waals surface area contributed by atoms with Gasteiger partial charge >= 0.3 is 16.8 Å². The van der Waals surface area contributed by atoms with Crippen LogP contribution in [0.25, 0.3) is 0 Å². The summed E-state index contributed by atoms with van der Waals surface area (Å²) in [7, 11) is 0. The molecule has 0 aromatic heterocycles. The van der Waals surface area contributed by atoms with E-state index in [1.54, 1.807) is 0 Å². The molecule has 10 heavy (non-hydrogen) atoms. The molecule has 4 N–H and O–H groups in total. The molecule has 0 aliphatic carbocycles. The minimum atomic E-state index is -1.37. The molecule has 0 saturated heterocycles. The van der Waals surface area contributed by atoms with Crippen molar-refractivity contribution in [3.05, 3.63) is 0 Å². The van der Waals surface area contributed by atoms with Gasteiger partial charge in [0.15, 0.2) is 0 Å². The second-order valence-corrected chi connectivity index (χ2v) is 1.24. The first-order valence-electron chi connectivity index (χ1n) is 2.02. The van der Waals surface area contributed by atoms with E-state index in [1.807, 2.05) is 0 Å². The Hall–Kier alpha value is -0.594. The summed E-state index contributed by atoms with van der Waals surface area (Å²) in [6.07, 6.45) is -0.940. The molecule has 5 nitrogen and oxygen atoms in total. The number of carbonyl (C=O) groups is 2. The molecule has 0 heterocycles. The molecule has 62 valence electrons. The summed E-state index contributed by atoms with van der Waals surface area (Å²) in [6, 6.07) is 0. The predicted octanol–water partition coefficient (Wildman–Crippen LogP) is -2.36. The molecule has 0 spiro atoms. The average Bonchev–Trinajstić information content (AvgIpc) is 1.61. The standard InChI is InChI=1S/C4H6O4.Co.H3N/c5-3(6)1-2-4(7)8;;/h1-2H2,(H,5,6)(H,7,8);;1H3/q;+1;/p-1. The zero-order valence-corrected chi connectivity index (χ0v) is 6.42. The summed E-state index contributed by atoms with van der Waals surface area (Å²) < 4.78 is 0. The van der Waals surface area contributed by atoms with Gasteiger partial charge in [-0.05, 0) is 12.8 Å². The van der Waals surface area contributed by atoms with Crippen LogP contribution in [-0.2, 0) is 26.4 Å². The number of hydrogen-bond donors (Lipinski definition) is 1. The molecule has 0 saturated carbocycles. The van der Waals surface area contributed by atoms with Crippen LogP contribution in [0.1, 0.15) is 12.8 Å². The monoisotopic (exact) mass is 193 g/mol. The molecule has 0 aromatic rings. The van der Waals surface area contributed by atoms with Gasteiger partial charge in [0.1, 0.15) is 0 Å². The number of quaternary nitrogens is 1. The van der Waals surface area contributed by atoms with E-state index in [0.29, 0.717) is 0 Å². The van der Waals surface area contributed by atoms with Crippen molar-refractivity contribution in [2.24, 2.45) is 0 Å². The number of aliphatic carboxylic acids is 2. The van der Waals surface area contributed by atoms with Crippen LogP contribution in [0.5, 0.6) is 0 Å². The fraction of sp³-hybridized carbons (Fsp3) is 0.500. The van der Waals surface area contributed by atoms with Gasteiger partial charge in [-0.15, -0.1) is 0 Å². The van der Waals surface area contributed by atoms with E-state index in [-0.39, 0.29) is 22.9 Å². The number of rotatable bonds is 3. The molecular formula is C4H8CoNO4. The van der Waals surface area contributed by atoms with Crippen LogP contribution in [-0.4, -0.2) is 11.9 Å². The Morgan fingerprint density at radius 3 is 1.30 bits per heavy atom. The summed E-state index contributed by atoms with van der Waals surface area (Å²) in [5.74, 6) is -2.73. The first-order chi connectivity index (χ1) is 3.63. The van der Waals surface area contributed by atoms with E-state index >= 15 is 0 Å². The summed E-state index contributed by atoms with van der Waals surface area (Å²) in [4.78, 5) is 19.0. The zero-order chi connectivity index (χ0) is 6.57. The molecule has 0 aromatic carbocycles. The van der Waals surface area contributed by atoms with Crippen LogP contribution in [0.15, 0.2) is 0 Å². The Morgan fingerprint density at radius 1 is 1.00 bits per heavy atom. The van der Waals surface area contributed by atoms with Gasteiger partial charge in [-0.25, -0.2) is 0 Å². The van der Waals surface area contributed by atoms with Crippen LogP contribution < -0.4 is 16.4 Å². The molecule has 0 atom stereocenters. The fourth-order valence-electron chi connectivity index (χ4n) is 0.204. The van der Waals surface area contributed by atoms with Gasteiger partial charge in [0.25, 0.3) is 0 Å².